The lowest BCUT2D eigenvalue weighted by molar-refractivity contribution is -0.137. The van der Waals surface area contributed by atoms with E-state index in [1.807, 2.05) is 0 Å². The molecule has 0 saturated heterocycles. The Labute approximate surface area is 153 Å². The van der Waals surface area contributed by atoms with Crippen LogP contribution >= 0.6 is 11.3 Å². The minimum Gasteiger partial charge on any atom is -0.337 e. The van der Waals surface area contributed by atoms with E-state index in [9.17, 15) is 26.4 Å². The maximum absolute atomic E-state index is 12.8. The number of benzene rings is 1. The van der Waals surface area contributed by atoms with E-state index in [2.05, 4.69) is 4.98 Å². The van der Waals surface area contributed by atoms with Crippen molar-refractivity contribution >= 4 is 27.1 Å². The molecule has 1 aromatic carbocycles. The van der Waals surface area contributed by atoms with E-state index in [0.717, 1.165) is 29.7 Å². The number of hydrogen-bond acceptors (Lipinski definition) is 5. The largest absolute Gasteiger partial charge is 0.416 e. The summed E-state index contributed by atoms with van der Waals surface area (Å²) in [7, 11) is -1.80. The number of aromatic nitrogens is 1. The number of thiazole rings is 1. The minimum absolute atomic E-state index is 0.0604. The van der Waals surface area contributed by atoms with Crippen molar-refractivity contribution in [3.63, 3.8) is 0 Å². The molecule has 0 N–H and O–H groups in total. The van der Waals surface area contributed by atoms with Gasteiger partial charge in [-0.1, -0.05) is 12.1 Å². The Hall–Kier alpha value is -1.94. The van der Waals surface area contributed by atoms with Crippen LogP contribution in [0.2, 0.25) is 0 Å². The van der Waals surface area contributed by atoms with Crippen LogP contribution in [-0.2, 0) is 16.0 Å². The normalized spacial score (nSPS) is 13.5. The van der Waals surface area contributed by atoms with Crippen molar-refractivity contribution in [2.24, 2.45) is 0 Å². The second kappa shape index (κ2) is 7.36. The number of hydrogen-bond donors (Lipinski definition) is 0. The van der Waals surface area contributed by atoms with E-state index in [0.29, 0.717) is 0 Å². The topological polar surface area (TPSA) is 67.3 Å². The summed E-state index contributed by atoms with van der Waals surface area (Å²) in [5.74, 6) is -0.685. The van der Waals surface area contributed by atoms with Crippen molar-refractivity contribution in [3.05, 3.63) is 40.9 Å². The third-order valence-electron chi connectivity index (χ3n) is 3.69. The Kier molecular flexibility index (Phi) is 5.76. The molecule has 1 atom stereocenters. The molecule has 1 heterocycles. The summed E-state index contributed by atoms with van der Waals surface area (Å²) in [6.45, 7) is 1.60. The maximum atomic E-state index is 12.8. The van der Waals surface area contributed by atoms with Gasteiger partial charge in [0.25, 0.3) is 5.91 Å². The Morgan fingerprint density at radius 2 is 2.00 bits per heavy atom. The molecule has 0 spiro atoms. The zero-order chi connectivity index (χ0) is 19.7. The van der Waals surface area contributed by atoms with Gasteiger partial charge in [-0.15, -0.1) is 11.3 Å². The molecule has 5 nitrogen and oxygen atoms in total. The van der Waals surface area contributed by atoms with Gasteiger partial charge in [-0.3, -0.25) is 4.79 Å². The summed E-state index contributed by atoms with van der Waals surface area (Å²) in [5.41, 5.74) is -0.474. The number of alkyl halides is 3. The highest BCUT2D eigenvalue weighted by atomic mass is 32.2. The smallest absolute Gasteiger partial charge is 0.337 e. The second-order valence-electron chi connectivity index (χ2n) is 5.97. The van der Waals surface area contributed by atoms with E-state index in [1.54, 1.807) is 6.92 Å². The van der Waals surface area contributed by atoms with Gasteiger partial charge < -0.3 is 4.90 Å². The summed E-state index contributed by atoms with van der Waals surface area (Å²) < 4.78 is 61.2. The quantitative estimate of drug-likeness (QED) is 0.764. The third kappa shape index (κ3) is 5.04. The summed E-state index contributed by atoms with van der Waals surface area (Å²) in [5, 5.41) is 1.73. The van der Waals surface area contributed by atoms with Gasteiger partial charge in [-0.25, -0.2) is 13.4 Å². The molecule has 0 aliphatic heterocycles. The highest BCUT2D eigenvalue weighted by molar-refractivity contribution is 7.90. The molecule has 1 unspecified atom stereocenters. The van der Waals surface area contributed by atoms with Crippen LogP contribution in [0, 0.1) is 0 Å². The van der Waals surface area contributed by atoms with E-state index in [-0.39, 0.29) is 22.0 Å². The number of amides is 1. The number of sulfone groups is 1. The van der Waals surface area contributed by atoms with Crippen LogP contribution in [0.25, 0.3) is 10.6 Å². The number of rotatable bonds is 5. The Morgan fingerprint density at radius 3 is 2.58 bits per heavy atom. The van der Waals surface area contributed by atoms with Crippen LogP contribution in [0.4, 0.5) is 13.2 Å². The van der Waals surface area contributed by atoms with Crippen molar-refractivity contribution in [1.29, 1.82) is 0 Å². The monoisotopic (exact) mass is 406 g/mol. The average molecular weight is 406 g/mol. The Morgan fingerprint density at radius 1 is 1.35 bits per heavy atom. The minimum atomic E-state index is -4.47. The summed E-state index contributed by atoms with van der Waals surface area (Å²) in [4.78, 5) is 17.8. The van der Waals surface area contributed by atoms with Crippen LogP contribution in [-0.4, -0.2) is 49.3 Å². The first kappa shape index (κ1) is 20.4. The average Bonchev–Trinajstić information content (AvgIpc) is 3.01. The van der Waals surface area contributed by atoms with Crippen LogP contribution in [0.5, 0.6) is 0 Å². The van der Waals surface area contributed by atoms with Crippen LogP contribution in [0.1, 0.15) is 23.0 Å². The molecular weight excluding hydrogens is 389 g/mol. The Bertz CT molecular complexity index is 907. The van der Waals surface area contributed by atoms with Gasteiger partial charge in [0.2, 0.25) is 0 Å². The standard InChI is InChI=1S/C16H17F3N2O3S2/c1-10(9-26(3,23)24)21(2)15(22)13-8-25-14(20-13)11-5-4-6-12(7-11)16(17,18)19/h4-8,10H,9H2,1-3H3. The lowest BCUT2D eigenvalue weighted by atomic mass is 10.1. The fourth-order valence-corrected chi connectivity index (χ4v) is 4.15. The predicted molar refractivity (Wildman–Crippen MR) is 93.8 cm³/mol. The maximum Gasteiger partial charge on any atom is 0.416 e. The van der Waals surface area contributed by atoms with E-state index >= 15 is 0 Å². The van der Waals surface area contributed by atoms with E-state index in [4.69, 9.17) is 0 Å². The third-order valence-corrected chi connectivity index (χ3v) is 5.66. The molecular formula is C16H17F3N2O3S2. The lowest BCUT2D eigenvalue weighted by Gasteiger charge is -2.23. The van der Waals surface area contributed by atoms with Crippen LogP contribution in [0.15, 0.2) is 29.6 Å². The first-order valence-corrected chi connectivity index (χ1v) is 10.4. The van der Waals surface area contributed by atoms with Crippen molar-refractivity contribution in [2.75, 3.05) is 19.1 Å². The van der Waals surface area contributed by atoms with E-state index < -0.39 is 33.5 Å². The highest BCUT2D eigenvalue weighted by Gasteiger charge is 2.31. The van der Waals surface area contributed by atoms with Gasteiger partial charge >= 0.3 is 6.18 Å². The SMILES string of the molecule is CC(CS(C)(=O)=O)N(C)C(=O)c1csc(-c2cccc(C(F)(F)F)c2)n1. The number of nitrogens with zero attached hydrogens (tertiary/aromatic N) is 2. The molecule has 0 aliphatic rings. The molecule has 0 fully saturated rings. The zero-order valence-electron chi connectivity index (χ0n) is 14.2. The molecule has 26 heavy (non-hydrogen) atoms. The van der Waals surface area contributed by atoms with Gasteiger partial charge in [-0.2, -0.15) is 13.2 Å². The van der Waals surface area contributed by atoms with Gasteiger partial charge in [0.1, 0.15) is 20.5 Å². The molecule has 10 heteroatoms. The lowest BCUT2D eigenvalue weighted by Crippen LogP contribution is -2.39. The Balaban J connectivity index is 2.23. The molecule has 2 rings (SSSR count). The van der Waals surface area contributed by atoms with Crippen LogP contribution in [0.3, 0.4) is 0 Å². The molecule has 0 saturated carbocycles. The number of carbonyl (C=O) groups excluding carboxylic acids is 1. The summed E-state index contributed by atoms with van der Waals surface area (Å²) in [6.07, 6.45) is -3.39. The molecule has 2 aromatic rings. The van der Waals surface area contributed by atoms with Gasteiger partial charge in [0, 0.05) is 30.3 Å². The van der Waals surface area contributed by atoms with Crippen molar-refractivity contribution in [2.45, 2.75) is 19.1 Å². The van der Waals surface area contributed by atoms with Gasteiger partial charge in [0.05, 0.1) is 11.3 Å². The highest BCUT2D eigenvalue weighted by Crippen LogP contribution is 2.33. The van der Waals surface area contributed by atoms with Crippen molar-refractivity contribution in [3.8, 4) is 10.6 Å². The number of carbonyl (C=O) groups is 1. The van der Waals surface area contributed by atoms with Crippen molar-refractivity contribution in [1.82, 2.24) is 9.88 Å². The molecule has 1 aromatic heterocycles. The fraction of sp³-hybridized carbons (Fsp3) is 0.375. The first-order valence-electron chi connectivity index (χ1n) is 7.46. The second-order valence-corrected chi connectivity index (χ2v) is 9.02. The number of halogens is 3. The van der Waals surface area contributed by atoms with Crippen LogP contribution < -0.4 is 0 Å². The van der Waals surface area contributed by atoms with Gasteiger partial charge in [0.15, 0.2) is 0 Å². The first-order chi connectivity index (χ1) is 11.9. The fourth-order valence-electron chi connectivity index (χ4n) is 2.26. The predicted octanol–water partition coefficient (Wildman–Crippen LogP) is 3.33. The van der Waals surface area contributed by atoms with Gasteiger partial charge in [-0.05, 0) is 19.1 Å². The molecule has 0 aliphatic carbocycles. The molecule has 1 amide bonds. The molecule has 142 valence electrons. The summed E-state index contributed by atoms with van der Waals surface area (Å²) in [6, 6.07) is 4.14. The molecule has 0 radical (unpaired) electrons. The van der Waals surface area contributed by atoms with Crippen molar-refractivity contribution < 1.29 is 26.4 Å². The zero-order valence-corrected chi connectivity index (χ0v) is 15.9. The van der Waals surface area contributed by atoms with E-state index in [1.165, 1.54) is 29.5 Å². The molecule has 0 bridgehead atoms. The summed E-state index contributed by atoms with van der Waals surface area (Å²) >= 11 is 1.05.